The summed E-state index contributed by atoms with van der Waals surface area (Å²) in [5.41, 5.74) is 5.78. The van der Waals surface area contributed by atoms with E-state index in [1.807, 2.05) is 0 Å². The first-order valence-electron chi connectivity index (χ1n) is 4.23. The minimum absolute atomic E-state index is 0.0411. The SMILES string of the molecule is NC(C(=O)c1ccc(Cl)s1)C1CC1. The number of rotatable bonds is 3. The van der Waals surface area contributed by atoms with Crippen molar-refractivity contribution in [1.82, 2.24) is 0 Å². The first-order chi connectivity index (χ1) is 6.18. The Morgan fingerprint density at radius 1 is 1.62 bits per heavy atom. The third-order valence-corrected chi connectivity index (χ3v) is 3.49. The van der Waals surface area contributed by atoms with Gasteiger partial charge in [-0.1, -0.05) is 11.6 Å². The molecule has 70 valence electrons. The third-order valence-electron chi connectivity index (χ3n) is 2.25. The molecule has 1 saturated carbocycles. The van der Waals surface area contributed by atoms with Crippen LogP contribution >= 0.6 is 22.9 Å². The number of ketones is 1. The van der Waals surface area contributed by atoms with E-state index in [1.165, 1.54) is 11.3 Å². The highest BCUT2D eigenvalue weighted by Gasteiger charge is 2.34. The number of nitrogens with two attached hydrogens (primary N) is 1. The fourth-order valence-corrected chi connectivity index (χ4v) is 2.31. The largest absolute Gasteiger partial charge is 0.321 e. The summed E-state index contributed by atoms with van der Waals surface area (Å²) in [6.45, 7) is 0. The van der Waals surface area contributed by atoms with Gasteiger partial charge in [0.1, 0.15) is 0 Å². The van der Waals surface area contributed by atoms with Crippen LogP contribution in [0.2, 0.25) is 4.34 Å². The lowest BCUT2D eigenvalue weighted by Crippen LogP contribution is -2.31. The van der Waals surface area contributed by atoms with Gasteiger partial charge in [-0.15, -0.1) is 11.3 Å². The molecular formula is C9H10ClNOS. The molecule has 0 spiro atoms. The molecule has 13 heavy (non-hydrogen) atoms. The minimum Gasteiger partial charge on any atom is -0.321 e. The van der Waals surface area contributed by atoms with E-state index in [2.05, 4.69) is 0 Å². The van der Waals surface area contributed by atoms with Gasteiger partial charge in [0.25, 0.3) is 0 Å². The fraction of sp³-hybridized carbons (Fsp3) is 0.444. The molecule has 1 fully saturated rings. The lowest BCUT2D eigenvalue weighted by molar-refractivity contribution is 0.0956. The van der Waals surface area contributed by atoms with E-state index in [-0.39, 0.29) is 11.8 Å². The average Bonchev–Trinajstić information content (AvgIpc) is 2.87. The Hall–Kier alpha value is -0.380. The maximum atomic E-state index is 11.7. The number of hydrogen-bond donors (Lipinski definition) is 1. The molecule has 1 atom stereocenters. The Bertz CT molecular complexity index is 332. The van der Waals surface area contributed by atoms with E-state index in [0.29, 0.717) is 15.1 Å². The summed E-state index contributed by atoms with van der Waals surface area (Å²) in [6, 6.07) is 3.17. The summed E-state index contributed by atoms with van der Waals surface area (Å²) < 4.78 is 0.645. The van der Waals surface area contributed by atoms with Crippen LogP contribution in [0.5, 0.6) is 0 Å². The van der Waals surface area contributed by atoms with Crippen LogP contribution < -0.4 is 5.73 Å². The molecule has 1 unspecified atom stereocenters. The van der Waals surface area contributed by atoms with Crippen molar-refractivity contribution in [3.05, 3.63) is 21.3 Å². The van der Waals surface area contributed by atoms with E-state index in [1.54, 1.807) is 12.1 Å². The van der Waals surface area contributed by atoms with Crippen LogP contribution in [0.3, 0.4) is 0 Å². The average molecular weight is 216 g/mol. The molecule has 1 heterocycles. The normalized spacial score (nSPS) is 18.6. The van der Waals surface area contributed by atoms with Crippen LogP contribution in [0.4, 0.5) is 0 Å². The van der Waals surface area contributed by atoms with E-state index in [4.69, 9.17) is 17.3 Å². The van der Waals surface area contributed by atoms with Gasteiger partial charge in [0.15, 0.2) is 5.78 Å². The molecule has 0 aromatic carbocycles. The van der Waals surface area contributed by atoms with E-state index in [0.717, 1.165) is 12.8 Å². The van der Waals surface area contributed by atoms with Crippen LogP contribution in [0.1, 0.15) is 22.5 Å². The van der Waals surface area contributed by atoms with Crippen molar-refractivity contribution < 1.29 is 4.79 Å². The second-order valence-corrected chi connectivity index (χ2v) is 5.05. The fourth-order valence-electron chi connectivity index (χ4n) is 1.28. The zero-order chi connectivity index (χ0) is 9.42. The molecule has 2 N–H and O–H groups in total. The van der Waals surface area contributed by atoms with Gasteiger partial charge in [-0.3, -0.25) is 4.79 Å². The third kappa shape index (κ3) is 1.93. The molecule has 1 aliphatic rings. The van der Waals surface area contributed by atoms with Gasteiger partial charge in [-0.05, 0) is 30.9 Å². The highest BCUT2D eigenvalue weighted by Crippen LogP contribution is 2.34. The molecule has 4 heteroatoms. The van der Waals surface area contributed by atoms with Crippen LogP contribution in [0.15, 0.2) is 12.1 Å². The number of thiophene rings is 1. The predicted octanol–water partition coefficient (Wildman–Crippen LogP) is 2.32. The predicted molar refractivity (Wildman–Crippen MR) is 54.4 cm³/mol. The van der Waals surface area contributed by atoms with Crippen LogP contribution in [0, 0.1) is 5.92 Å². The van der Waals surface area contributed by atoms with Gasteiger partial charge in [-0.25, -0.2) is 0 Å². The summed E-state index contributed by atoms with van der Waals surface area (Å²) in [6.07, 6.45) is 2.18. The van der Waals surface area contributed by atoms with Crippen molar-refractivity contribution in [3.63, 3.8) is 0 Å². The van der Waals surface area contributed by atoms with Crippen molar-refractivity contribution in [2.45, 2.75) is 18.9 Å². The monoisotopic (exact) mass is 215 g/mol. The molecule has 1 aromatic heterocycles. The first kappa shape index (κ1) is 9.19. The Morgan fingerprint density at radius 2 is 2.31 bits per heavy atom. The summed E-state index contributed by atoms with van der Waals surface area (Å²) in [5.74, 6) is 0.452. The molecule has 2 nitrogen and oxygen atoms in total. The molecule has 0 saturated heterocycles. The van der Waals surface area contributed by atoms with E-state index >= 15 is 0 Å². The second-order valence-electron chi connectivity index (χ2n) is 3.33. The molecule has 0 bridgehead atoms. The summed E-state index contributed by atoms with van der Waals surface area (Å²) in [5, 5.41) is 0. The smallest absolute Gasteiger partial charge is 0.189 e. The van der Waals surface area contributed by atoms with Gasteiger partial charge >= 0.3 is 0 Å². The van der Waals surface area contributed by atoms with Crippen LogP contribution in [-0.2, 0) is 0 Å². The maximum absolute atomic E-state index is 11.7. The summed E-state index contributed by atoms with van der Waals surface area (Å²) in [4.78, 5) is 12.4. The summed E-state index contributed by atoms with van der Waals surface area (Å²) in [7, 11) is 0. The first-order valence-corrected chi connectivity index (χ1v) is 5.43. The second kappa shape index (κ2) is 3.40. The van der Waals surface area contributed by atoms with Crippen LogP contribution in [-0.4, -0.2) is 11.8 Å². The lowest BCUT2D eigenvalue weighted by Gasteiger charge is -2.05. The molecule has 0 radical (unpaired) electrons. The topological polar surface area (TPSA) is 43.1 Å². The van der Waals surface area contributed by atoms with Gasteiger partial charge < -0.3 is 5.73 Å². The Balaban J connectivity index is 2.11. The lowest BCUT2D eigenvalue weighted by atomic mass is 10.1. The molecule has 2 rings (SSSR count). The highest BCUT2D eigenvalue weighted by molar-refractivity contribution is 7.18. The number of halogens is 1. The van der Waals surface area contributed by atoms with Gasteiger partial charge in [0, 0.05) is 0 Å². The maximum Gasteiger partial charge on any atom is 0.189 e. The number of carbonyl (C=O) groups excluding carboxylic acids is 1. The van der Waals surface area contributed by atoms with Gasteiger partial charge in [0.05, 0.1) is 15.3 Å². The summed E-state index contributed by atoms with van der Waals surface area (Å²) >= 11 is 7.04. The quantitative estimate of drug-likeness (QED) is 0.787. The van der Waals surface area contributed by atoms with Crippen molar-refractivity contribution in [3.8, 4) is 0 Å². The van der Waals surface area contributed by atoms with Crippen molar-refractivity contribution in [2.24, 2.45) is 11.7 Å². The van der Waals surface area contributed by atoms with Gasteiger partial charge in [0.2, 0.25) is 0 Å². The number of Topliss-reactive ketones (excluding diaryl/α,β-unsaturated/α-hetero) is 1. The Kier molecular flexibility index (Phi) is 2.41. The standard InChI is InChI=1S/C9H10ClNOS/c10-7-4-3-6(13-7)9(12)8(11)5-1-2-5/h3-5,8H,1-2,11H2. The highest BCUT2D eigenvalue weighted by atomic mass is 35.5. The Labute approximate surface area is 85.7 Å². The van der Waals surface area contributed by atoms with E-state index in [9.17, 15) is 4.79 Å². The zero-order valence-corrected chi connectivity index (χ0v) is 8.57. The van der Waals surface area contributed by atoms with E-state index < -0.39 is 0 Å². The van der Waals surface area contributed by atoms with Crippen molar-refractivity contribution >= 4 is 28.7 Å². The Morgan fingerprint density at radius 3 is 2.77 bits per heavy atom. The molecule has 0 aliphatic heterocycles. The molecule has 0 amide bonds. The zero-order valence-electron chi connectivity index (χ0n) is 7.00. The number of carbonyl (C=O) groups is 1. The van der Waals surface area contributed by atoms with Crippen molar-refractivity contribution in [1.29, 1.82) is 0 Å². The van der Waals surface area contributed by atoms with Crippen molar-refractivity contribution in [2.75, 3.05) is 0 Å². The molecular weight excluding hydrogens is 206 g/mol. The minimum atomic E-state index is -0.310. The molecule has 1 aromatic rings. The van der Waals surface area contributed by atoms with Crippen LogP contribution in [0.25, 0.3) is 0 Å². The number of hydrogen-bond acceptors (Lipinski definition) is 3. The van der Waals surface area contributed by atoms with Gasteiger partial charge in [-0.2, -0.15) is 0 Å². The molecule has 1 aliphatic carbocycles.